The SMILES string of the molecule is COc1ccc(CCNC(=O)Nc2cc(C)n(C)n2)cc1. The second-order valence-corrected chi connectivity index (χ2v) is 4.77. The summed E-state index contributed by atoms with van der Waals surface area (Å²) in [7, 11) is 3.47. The number of anilines is 1. The molecule has 0 aliphatic rings. The standard InChI is InChI=1S/C15H20N4O2/c1-11-10-14(18-19(11)2)17-15(20)16-9-8-12-4-6-13(21-3)7-5-12/h4-7,10H,8-9H2,1-3H3,(H2,16,17,18,20). The smallest absolute Gasteiger partial charge is 0.320 e. The molecule has 0 unspecified atom stereocenters. The Morgan fingerprint density at radius 1 is 1.33 bits per heavy atom. The van der Waals surface area contributed by atoms with E-state index in [1.54, 1.807) is 11.8 Å². The van der Waals surface area contributed by atoms with Crippen LogP contribution in [0.15, 0.2) is 30.3 Å². The molecule has 1 heterocycles. The maximum atomic E-state index is 11.7. The second-order valence-electron chi connectivity index (χ2n) is 4.77. The minimum atomic E-state index is -0.249. The number of benzene rings is 1. The lowest BCUT2D eigenvalue weighted by molar-refractivity contribution is 0.252. The maximum absolute atomic E-state index is 11.7. The summed E-state index contributed by atoms with van der Waals surface area (Å²) in [5.41, 5.74) is 2.13. The number of nitrogens with zero attached hydrogens (tertiary/aromatic N) is 2. The van der Waals surface area contributed by atoms with Gasteiger partial charge in [0, 0.05) is 25.4 Å². The van der Waals surface area contributed by atoms with E-state index in [2.05, 4.69) is 15.7 Å². The van der Waals surface area contributed by atoms with Crippen LogP contribution < -0.4 is 15.4 Å². The molecule has 0 radical (unpaired) electrons. The lowest BCUT2D eigenvalue weighted by Crippen LogP contribution is -2.30. The monoisotopic (exact) mass is 288 g/mol. The first kappa shape index (κ1) is 14.9. The normalized spacial score (nSPS) is 10.2. The van der Waals surface area contributed by atoms with Crippen LogP contribution in [0.1, 0.15) is 11.3 Å². The number of hydrogen-bond donors (Lipinski definition) is 2. The Balaban J connectivity index is 1.76. The van der Waals surface area contributed by atoms with Gasteiger partial charge in [-0.05, 0) is 31.0 Å². The van der Waals surface area contributed by atoms with Crippen LogP contribution >= 0.6 is 0 Å². The Hall–Kier alpha value is -2.50. The Morgan fingerprint density at radius 2 is 2.05 bits per heavy atom. The van der Waals surface area contributed by atoms with Crippen LogP contribution in [-0.2, 0) is 13.5 Å². The van der Waals surface area contributed by atoms with Crippen LogP contribution in [0.3, 0.4) is 0 Å². The first-order valence-corrected chi connectivity index (χ1v) is 6.77. The Bertz CT molecular complexity index is 585. The van der Waals surface area contributed by atoms with Crippen molar-refractivity contribution in [1.29, 1.82) is 0 Å². The highest BCUT2D eigenvalue weighted by atomic mass is 16.5. The number of aromatic nitrogens is 2. The molecular formula is C15H20N4O2. The van der Waals surface area contributed by atoms with Crippen molar-refractivity contribution < 1.29 is 9.53 Å². The summed E-state index contributed by atoms with van der Waals surface area (Å²) < 4.78 is 6.82. The molecule has 0 atom stereocenters. The molecule has 2 aromatic rings. The summed E-state index contributed by atoms with van der Waals surface area (Å²) >= 11 is 0. The van der Waals surface area contributed by atoms with Crippen LogP contribution in [0.5, 0.6) is 5.75 Å². The highest BCUT2D eigenvalue weighted by molar-refractivity contribution is 5.88. The number of rotatable bonds is 5. The van der Waals surface area contributed by atoms with Gasteiger partial charge in [0.05, 0.1) is 7.11 Å². The maximum Gasteiger partial charge on any atom is 0.320 e. The van der Waals surface area contributed by atoms with Gasteiger partial charge in [0.25, 0.3) is 0 Å². The van der Waals surface area contributed by atoms with Gasteiger partial charge in [0.15, 0.2) is 5.82 Å². The fourth-order valence-corrected chi connectivity index (χ4v) is 1.89. The number of aryl methyl sites for hydroxylation is 2. The number of carbonyl (C=O) groups excluding carboxylic acids is 1. The zero-order valence-corrected chi connectivity index (χ0v) is 12.5. The van der Waals surface area contributed by atoms with Crippen molar-refractivity contribution in [2.45, 2.75) is 13.3 Å². The van der Waals surface area contributed by atoms with Gasteiger partial charge in [0.2, 0.25) is 0 Å². The number of carbonyl (C=O) groups is 1. The third kappa shape index (κ3) is 4.24. The van der Waals surface area contributed by atoms with Gasteiger partial charge in [-0.15, -0.1) is 0 Å². The highest BCUT2D eigenvalue weighted by Crippen LogP contribution is 2.11. The summed E-state index contributed by atoms with van der Waals surface area (Å²) in [6.45, 7) is 2.49. The first-order valence-electron chi connectivity index (χ1n) is 6.77. The molecule has 21 heavy (non-hydrogen) atoms. The molecule has 1 aromatic heterocycles. The average Bonchev–Trinajstić information content (AvgIpc) is 2.78. The number of urea groups is 1. The van der Waals surface area contributed by atoms with E-state index >= 15 is 0 Å². The number of methoxy groups -OCH3 is 1. The molecule has 0 aliphatic carbocycles. The van der Waals surface area contributed by atoms with Crippen LogP contribution in [0.25, 0.3) is 0 Å². The van der Waals surface area contributed by atoms with Gasteiger partial charge in [0.1, 0.15) is 5.75 Å². The van der Waals surface area contributed by atoms with Crippen molar-refractivity contribution >= 4 is 11.8 Å². The summed E-state index contributed by atoms with van der Waals surface area (Å²) in [5.74, 6) is 1.38. The number of hydrogen-bond acceptors (Lipinski definition) is 3. The third-order valence-electron chi connectivity index (χ3n) is 3.21. The van der Waals surface area contributed by atoms with E-state index in [-0.39, 0.29) is 6.03 Å². The number of nitrogens with one attached hydrogen (secondary N) is 2. The fourth-order valence-electron chi connectivity index (χ4n) is 1.89. The lowest BCUT2D eigenvalue weighted by Gasteiger charge is -2.06. The summed E-state index contributed by atoms with van der Waals surface area (Å²) in [5, 5.41) is 9.68. The molecule has 0 aliphatic heterocycles. The van der Waals surface area contributed by atoms with Crippen molar-refractivity contribution in [3.8, 4) is 5.75 Å². The summed E-state index contributed by atoms with van der Waals surface area (Å²) in [6.07, 6.45) is 0.763. The fraction of sp³-hybridized carbons (Fsp3) is 0.333. The van der Waals surface area contributed by atoms with E-state index in [9.17, 15) is 4.79 Å². The molecule has 2 rings (SSSR count). The minimum Gasteiger partial charge on any atom is -0.497 e. The van der Waals surface area contributed by atoms with Gasteiger partial charge < -0.3 is 10.1 Å². The minimum absolute atomic E-state index is 0.249. The van der Waals surface area contributed by atoms with Crippen molar-refractivity contribution in [2.75, 3.05) is 19.0 Å². The van der Waals surface area contributed by atoms with Crippen LogP contribution in [-0.4, -0.2) is 29.5 Å². The van der Waals surface area contributed by atoms with Crippen molar-refractivity contribution in [2.24, 2.45) is 7.05 Å². The highest BCUT2D eigenvalue weighted by Gasteiger charge is 2.05. The average molecular weight is 288 g/mol. The molecule has 2 N–H and O–H groups in total. The Morgan fingerprint density at radius 3 is 2.62 bits per heavy atom. The lowest BCUT2D eigenvalue weighted by atomic mass is 10.1. The molecule has 1 aromatic carbocycles. The van der Waals surface area contributed by atoms with Gasteiger partial charge in [-0.1, -0.05) is 12.1 Å². The molecule has 0 fully saturated rings. The van der Waals surface area contributed by atoms with Crippen molar-refractivity contribution in [3.63, 3.8) is 0 Å². The molecule has 0 bridgehead atoms. The molecule has 0 saturated heterocycles. The van der Waals surface area contributed by atoms with Crippen molar-refractivity contribution in [3.05, 3.63) is 41.6 Å². The zero-order valence-electron chi connectivity index (χ0n) is 12.5. The molecule has 0 saturated carbocycles. The molecule has 0 spiro atoms. The van der Waals surface area contributed by atoms with E-state index in [1.165, 1.54) is 0 Å². The van der Waals surface area contributed by atoms with Gasteiger partial charge in [-0.2, -0.15) is 5.10 Å². The van der Waals surface area contributed by atoms with E-state index in [0.717, 1.165) is 23.4 Å². The van der Waals surface area contributed by atoms with Crippen LogP contribution in [0, 0.1) is 6.92 Å². The van der Waals surface area contributed by atoms with Crippen LogP contribution in [0.2, 0.25) is 0 Å². The Kier molecular flexibility index (Phi) is 4.81. The predicted octanol–water partition coefficient (Wildman–Crippen LogP) is 2.10. The molecule has 6 nitrogen and oxygen atoms in total. The molecule has 112 valence electrons. The molecule has 6 heteroatoms. The van der Waals surface area contributed by atoms with E-state index in [4.69, 9.17) is 4.74 Å². The van der Waals surface area contributed by atoms with Gasteiger partial charge in [-0.25, -0.2) is 4.79 Å². The van der Waals surface area contributed by atoms with Gasteiger partial charge >= 0.3 is 6.03 Å². The van der Waals surface area contributed by atoms with Crippen LogP contribution in [0.4, 0.5) is 10.6 Å². The predicted molar refractivity (Wildman–Crippen MR) is 81.7 cm³/mol. The zero-order chi connectivity index (χ0) is 15.2. The molecule has 2 amide bonds. The number of ether oxygens (including phenoxy) is 1. The number of amides is 2. The quantitative estimate of drug-likeness (QED) is 0.885. The molecular weight excluding hydrogens is 268 g/mol. The summed E-state index contributed by atoms with van der Waals surface area (Å²) in [4.78, 5) is 11.7. The van der Waals surface area contributed by atoms with E-state index < -0.39 is 0 Å². The largest absolute Gasteiger partial charge is 0.497 e. The van der Waals surface area contributed by atoms with E-state index in [0.29, 0.717) is 12.4 Å². The van der Waals surface area contributed by atoms with Gasteiger partial charge in [-0.3, -0.25) is 10.00 Å². The van der Waals surface area contributed by atoms with E-state index in [1.807, 2.05) is 44.3 Å². The Labute approximate surface area is 124 Å². The van der Waals surface area contributed by atoms with Crippen molar-refractivity contribution in [1.82, 2.24) is 15.1 Å². The first-order chi connectivity index (χ1) is 10.1. The third-order valence-corrected chi connectivity index (χ3v) is 3.21. The topological polar surface area (TPSA) is 68.2 Å². The summed E-state index contributed by atoms with van der Waals surface area (Å²) in [6, 6.07) is 9.36. The second kappa shape index (κ2) is 6.78.